The molecule has 1 aromatic carbocycles. The lowest BCUT2D eigenvalue weighted by Gasteiger charge is -2.18. The van der Waals surface area contributed by atoms with Gasteiger partial charge in [-0.05, 0) is 30.7 Å². The van der Waals surface area contributed by atoms with E-state index in [1.165, 1.54) is 6.07 Å². The van der Waals surface area contributed by atoms with E-state index in [-0.39, 0.29) is 17.9 Å². The van der Waals surface area contributed by atoms with E-state index in [1.807, 2.05) is 12.1 Å². The molecule has 33 heavy (non-hydrogen) atoms. The van der Waals surface area contributed by atoms with E-state index in [4.69, 9.17) is 15.5 Å². The lowest BCUT2D eigenvalue weighted by molar-refractivity contribution is 0.443. The lowest BCUT2D eigenvalue weighted by atomic mass is 10.1. The zero-order chi connectivity index (χ0) is 22.5. The largest absolute Gasteiger partial charge is 0.422 e. The summed E-state index contributed by atoms with van der Waals surface area (Å²) < 4.78 is 20.4. The number of nitrogens with two attached hydrogens (primary N) is 1. The molecular weight excluding hydrogens is 423 g/mol. The molecule has 10 heteroatoms. The molecule has 1 fully saturated rings. The molecule has 1 saturated heterocycles. The summed E-state index contributed by atoms with van der Waals surface area (Å²) in [7, 11) is 1.69. The summed E-state index contributed by atoms with van der Waals surface area (Å²) in [5, 5.41) is 4.57. The molecular formula is C23H21FN8O. The molecule has 0 aliphatic carbocycles. The number of nitrogens with one attached hydrogen (secondary N) is 2. The Balaban J connectivity index is 1.52. The van der Waals surface area contributed by atoms with Crippen LogP contribution < -0.4 is 20.7 Å². The van der Waals surface area contributed by atoms with Crippen LogP contribution in [0.15, 0.2) is 42.7 Å². The predicted octanol–water partition coefficient (Wildman–Crippen LogP) is 3.56. The maximum Gasteiger partial charge on any atom is 0.326 e. The molecule has 1 atom stereocenters. The van der Waals surface area contributed by atoms with Gasteiger partial charge in [-0.1, -0.05) is 0 Å². The third-order valence-electron chi connectivity index (χ3n) is 5.95. The first-order chi connectivity index (χ1) is 16.1. The number of hydrogen-bond donors (Lipinski definition) is 3. The number of rotatable bonds is 4. The van der Waals surface area contributed by atoms with Crippen molar-refractivity contribution in [1.29, 1.82) is 0 Å². The van der Waals surface area contributed by atoms with Crippen LogP contribution in [0.3, 0.4) is 0 Å². The number of H-pyrrole nitrogens is 1. The number of aromatic nitrogens is 5. The highest BCUT2D eigenvalue weighted by molar-refractivity contribution is 6.14. The first kappa shape index (κ1) is 19.6. The van der Waals surface area contributed by atoms with Crippen LogP contribution in [0, 0.1) is 5.82 Å². The second-order valence-electron chi connectivity index (χ2n) is 8.08. The summed E-state index contributed by atoms with van der Waals surface area (Å²) in [6.07, 6.45) is 4.18. The van der Waals surface area contributed by atoms with E-state index in [1.54, 1.807) is 31.6 Å². The molecule has 5 aromatic rings. The summed E-state index contributed by atoms with van der Waals surface area (Å²) in [5.41, 5.74) is 9.21. The summed E-state index contributed by atoms with van der Waals surface area (Å²) in [6.45, 7) is 1.43. The van der Waals surface area contributed by atoms with Crippen LogP contribution in [-0.2, 0) is 0 Å². The Bertz CT molecular complexity index is 1520. The Morgan fingerprint density at radius 2 is 2.12 bits per heavy atom. The van der Waals surface area contributed by atoms with Crippen molar-refractivity contribution in [3.63, 3.8) is 0 Å². The highest BCUT2D eigenvalue weighted by atomic mass is 19.1. The van der Waals surface area contributed by atoms with Crippen molar-refractivity contribution < 1.29 is 9.13 Å². The molecule has 5 heterocycles. The van der Waals surface area contributed by atoms with Gasteiger partial charge in [0.2, 0.25) is 0 Å². The maximum atomic E-state index is 14.4. The van der Waals surface area contributed by atoms with Crippen molar-refractivity contribution in [2.24, 2.45) is 5.73 Å². The Kier molecular flexibility index (Phi) is 4.47. The summed E-state index contributed by atoms with van der Waals surface area (Å²) in [4.78, 5) is 23.4. The molecule has 0 bridgehead atoms. The van der Waals surface area contributed by atoms with Crippen molar-refractivity contribution in [2.45, 2.75) is 12.5 Å². The fourth-order valence-electron chi connectivity index (χ4n) is 4.40. The van der Waals surface area contributed by atoms with Gasteiger partial charge in [-0.15, -0.1) is 0 Å². The Hall–Kier alpha value is -4.05. The third kappa shape index (κ3) is 3.26. The quantitative estimate of drug-likeness (QED) is 0.385. The fourth-order valence-corrected chi connectivity index (χ4v) is 4.40. The first-order valence-corrected chi connectivity index (χ1v) is 10.7. The van der Waals surface area contributed by atoms with E-state index in [0.29, 0.717) is 40.5 Å². The third-order valence-corrected chi connectivity index (χ3v) is 5.95. The van der Waals surface area contributed by atoms with Crippen LogP contribution in [-0.4, -0.2) is 51.1 Å². The van der Waals surface area contributed by atoms with Crippen molar-refractivity contribution in [3.05, 3.63) is 48.5 Å². The number of anilines is 2. The molecule has 1 aliphatic heterocycles. The van der Waals surface area contributed by atoms with E-state index in [2.05, 4.69) is 30.2 Å². The number of aromatic amines is 1. The summed E-state index contributed by atoms with van der Waals surface area (Å²) in [5.74, 6) is 0.831. The molecule has 0 spiro atoms. The Labute approximate surface area is 187 Å². The highest BCUT2D eigenvalue weighted by Gasteiger charge is 2.26. The summed E-state index contributed by atoms with van der Waals surface area (Å²) >= 11 is 0. The van der Waals surface area contributed by atoms with Crippen LogP contribution in [0.25, 0.3) is 33.0 Å². The predicted molar refractivity (Wildman–Crippen MR) is 125 cm³/mol. The lowest BCUT2D eigenvalue weighted by Crippen LogP contribution is -2.27. The van der Waals surface area contributed by atoms with E-state index >= 15 is 0 Å². The van der Waals surface area contributed by atoms with Crippen molar-refractivity contribution in [3.8, 4) is 11.8 Å². The average molecular weight is 444 g/mol. The molecule has 0 saturated carbocycles. The van der Waals surface area contributed by atoms with E-state index in [9.17, 15) is 4.39 Å². The fraction of sp³-hybridized carbons (Fsp3) is 0.217. The minimum absolute atomic E-state index is 0.0608. The molecule has 166 valence electrons. The van der Waals surface area contributed by atoms with Crippen LogP contribution in [0.2, 0.25) is 0 Å². The van der Waals surface area contributed by atoms with Gasteiger partial charge in [0.15, 0.2) is 5.75 Å². The SMILES string of the molecule is CNc1c(F)ccc2c1[nH]c1nc(Oc3cnc4cccnc4c3)nc(N3CC[C@@H](N)C3)c12. The first-order valence-electron chi connectivity index (χ1n) is 10.7. The van der Waals surface area contributed by atoms with Crippen molar-refractivity contribution in [2.75, 3.05) is 30.4 Å². The van der Waals surface area contributed by atoms with Gasteiger partial charge in [0.1, 0.15) is 17.3 Å². The summed E-state index contributed by atoms with van der Waals surface area (Å²) in [6, 6.07) is 8.91. The van der Waals surface area contributed by atoms with Crippen molar-refractivity contribution in [1.82, 2.24) is 24.9 Å². The number of hydrogen-bond acceptors (Lipinski definition) is 8. The van der Waals surface area contributed by atoms with Crippen molar-refractivity contribution >= 4 is 44.5 Å². The topological polar surface area (TPSA) is 118 Å². The number of ether oxygens (including phenoxy) is 1. The average Bonchev–Trinajstić information content (AvgIpc) is 3.42. The molecule has 0 amide bonds. The molecule has 0 unspecified atom stereocenters. The zero-order valence-corrected chi connectivity index (χ0v) is 17.8. The zero-order valence-electron chi connectivity index (χ0n) is 17.8. The number of fused-ring (bicyclic) bond motifs is 4. The van der Waals surface area contributed by atoms with Crippen LogP contribution >= 0.6 is 0 Å². The molecule has 4 N–H and O–H groups in total. The van der Waals surface area contributed by atoms with Crippen LogP contribution in [0.1, 0.15) is 6.42 Å². The number of benzene rings is 1. The van der Waals surface area contributed by atoms with E-state index < -0.39 is 0 Å². The van der Waals surface area contributed by atoms with Gasteiger partial charge in [0, 0.05) is 43.8 Å². The molecule has 9 nitrogen and oxygen atoms in total. The van der Waals surface area contributed by atoms with Gasteiger partial charge >= 0.3 is 6.01 Å². The number of nitrogens with zero attached hydrogens (tertiary/aromatic N) is 5. The second kappa shape index (κ2) is 7.52. The highest BCUT2D eigenvalue weighted by Crippen LogP contribution is 2.38. The van der Waals surface area contributed by atoms with Gasteiger partial charge in [-0.2, -0.15) is 9.97 Å². The minimum atomic E-state index is -0.347. The van der Waals surface area contributed by atoms with Gasteiger partial charge in [-0.3, -0.25) is 9.97 Å². The molecule has 6 rings (SSSR count). The van der Waals surface area contributed by atoms with Crippen LogP contribution in [0.5, 0.6) is 11.8 Å². The Morgan fingerprint density at radius 1 is 1.21 bits per heavy atom. The number of halogens is 1. The van der Waals surface area contributed by atoms with E-state index in [0.717, 1.165) is 29.3 Å². The van der Waals surface area contributed by atoms with Gasteiger partial charge in [-0.25, -0.2) is 4.39 Å². The maximum absolute atomic E-state index is 14.4. The molecule has 0 radical (unpaired) electrons. The van der Waals surface area contributed by atoms with Crippen LogP contribution in [0.4, 0.5) is 15.9 Å². The smallest absolute Gasteiger partial charge is 0.326 e. The second-order valence-corrected chi connectivity index (χ2v) is 8.08. The van der Waals surface area contributed by atoms with Gasteiger partial charge < -0.3 is 25.7 Å². The monoisotopic (exact) mass is 444 g/mol. The standard InChI is InChI=1S/C23H21FN8O/c1-26-20-15(24)5-4-14-18-21(29-19(14)20)30-23(31-22(18)32-8-6-12(25)11-32)33-13-9-17-16(28-10-13)3-2-7-27-17/h2-5,7,9-10,12,26H,6,8,11,25H2,1H3,(H,29,30,31)/t12-/m1/s1. The number of pyridine rings is 2. The molecule has 1 aliphatic rings. The van der Waals surface area contributed by atoms with Gasteiger partial charge in [0.05, 0.1) is 33.8 Å². The Morgan fingerprint density at radius 3 is 2.94 bits per heavy atom. The normalized spacial score (nSPS) is 16.2. The molecule has 4 aromatic heterocycles. The minimum Gasteiger partial charge on any atom is -0.422 e. The van der Waals surface area contributed by atoms with Gasteiger partial charge in [0.25, 0.3) is 0 Å².